The molecule has 38 heavy (non-hydrogen) atoms. The van der Waals surface area contributed by atoms with Crippen molar-refractivity contribution in [2.45, 2.75) is 57.9 Å². The van der Waals surface area contributed by atoms with Gasteiger partial charge in [-0.1, -0.05) is 37.9 Å². The second-order valence-corrected chi connectivity index (χ2v) is 11.0. The molecule has 2 amide bonds. The second kappa shape index (κ2) is 10.8. The van der Waals surface area contributed by atoms with E-state index >= 15 is 4.39 Å². The maximum absolute atomic E-state index is 15.9. The Balaban J connectivity index is 1.48. The summed E-state index contributed by atoms with van der Waals surface area (Å²) < 4.78 is 26.6. The third kappa shape index (κ3) is 4.93. The largest absolute Gasteiger partial charge is 0.380 e. The van der Waals surface area contributed by atoms with E-state index in [2.05, 4.69) is 22.4 Å². The maximum atomic E-state index is 15.9. The lowest BCUT2D eigenvalue weighted by Gasteiger charge is -2.32. The Hall–Kier alpha value is -3.27. The summed E-state index contributed by atoms with van der Waals surface area (Å²) in [6.45, 7) is 4.71. The van der Waals surface area contributed by atoms with Crippen molar-refractivity contribution in [2.75, 3.05) is 27.3 Å². The minimum atomic E-state index is -0.452. The van der Waals surface area contributed by atoms with E-state index in [1.54, 1.807) is 26.2 Å². The van der Waals surface area contributed by atoms with E-state index in [9.17, 15) is 9.59 Å². The van der Waals surface area contributed by atoms with Gasteiger partial charge in [0, 0.05) is 20.0 Å². The number of amides is 2. The van der Waals surface area contributed by atoms with E-state index in [0.29, 0.717) is 40.5 Å². The molecule has 2 aliphatic rings. The maximum Gasteiger partial charge on any atom is 0.257 e. The third-order valence-corrected chi connectivity index (χ3v) is 8.22. The fourth-order valence-electron chi connectivity index (χ4n) is 5.89. The van der Waals surface area contributed by atoms with E-state index in [-0.39, 0.29) is 42.4 Å². The van der Waals surface area contributed by atoms with Gasteiger partial charge in [0.25, 0.3) is 5.91 Å². The number of nitrogens with zero attached hydrogens (tertiary/aromatic N) is 3. The number of halogens is 1. The van der Waals surface area contributed by atoms with Crippen LogP contribution in [0.3, 0.4) is 0 Å². The zero-order chi connectivity index (χ0) is 27.0. The SMILES string of the molecule is CCc1nocc1C(=O)N[C@H](c1nc2c(F)c(C3COCC3C(=O)N(C)C)ccc2[nH]1)[C@H]1CC[C@H](C)CC1. The number of nitrogens with one attached hydrogen (secondary N) is 2. The minimum absolute atomic E-state index is 0.0794. The lowest BCUT2D eigenvalue weighted by molar-refractivity contribution is -0.133. The van der Waals surface area contributed by atoms with Gasteiger partial charge in [-0.25, -0.2) is 9.37 Å². The van der Waals surface area contributed by atoms with Crippen LogP contribution in [0.5, 0.6) is 0 Å². The molecule has 9 nitrogen and oxygen atoms in total. The first-order chi connectivity index (χ1) is 18.3. The minimum Gasteiger partial charge on any atom is -0.380 e. The molecule has 3 atom stereocenters. The van der Waals surface area contributed by atoms with Gasteiger partial charge >= 0.3 is 0 Å². The van der Waals surface area contributed by atoms with Gasteiger partial charge in [-0.3, -0.25) is 9.59 Å². The van der Waals surface area contributed by atoms with Crippen molar-refractivity contribution in [2.24, 2.45) is 17.8 Å². The predicted molar refractivity (Wildman–Crippen MR) is 139 cm³/mol. The van der Waals surface area contributed by atoms with Crippen molar-refractivity contribution in [1.82, 2.24) is 25.3 Å². The van der Waals surface area contributed by atoms with E-state index in [0.717, 1.165) is 25.7 Å². The highest BCUT2D eigenvalue weighted by molar-refractivity contribution is 5.95. The molecule has 2 aromatic heterocycles. The van der Waals surface area contributed by atoms with Crippen LogP contribution in [0.25, 0.3) is 11.0 Å². The number of benzene rings is 1. The monoisotopic (exact) mass is 525 g/mol. The van der Waals surface area contributed by atoms with Gasteiger partial charge in [0.15, 0.2) is 5.82 Å². The number of hydrogen-bond donors (Lipinski definition) is 2. The number of carbonyl (C=O) groups is 2. The molecule has 0 bridgehead atoms. The van der Waals surface area contributed by atoms with Gasteiger partial charge in [0.1, 0.15) is 23.2 Å². The molecule has 1 saturated carbocycles. The van der Waals surface area contributed by atoms with Crippen LogP contribution in [0, 0.1) is 23.6 Å². The molecule has 0 radical (unpaired) electrons. The molecule has 10 heteroatoms. The van der Waals surface area contributed by atoms with Gasteiger partial charge in [-0.15, -0.1) is 0 Å². The molecule has 0 spiro atoms. The number of fused-ring (bicyclic) bond motifs is 1. The average Bonchev–Trinajstić information content (AvgIpc) is 3.67. The summed E-state index contributed by atoms with van der Waals surface area (Å²) in [5, 5.41) is 7.09. The summed E-state index contributed by atoms with van der Waals surface area (Å²) in [5.74, 6) is -0.309. The van der Waals surface area contributed by atoms with Gasteiger partial charge in [-0.05, 0) is 42.7 Å². The molecule has 1 saturated heterocycles. The second-order valence-electron chi connectivity index (χ2n) is 11.0. The zero-order valence-corrected chi connectivity index (χ0v) is 22.4. The topological polar surface area (TPSA) is 113 Å². The first-order valence-electron chi connectivity index (χ1n) is 13.5. The number of aryl methyl sites for hydroxylation is 1. The lowest BCUT2D eigenvalue weighted by Crippen LogP contribution is -2.36. The molecular formula is C28H36FN5O4. The molecule has 2 unspecified atom stereocenters. The van der Waals surface area contributed by atoms with Crippen molar-refractivity contribution < 1.29 is 23.2 Å². The van der Waals surface area contributed by atoms with Crippen molar-refractivity contribution in [3.63, 3.8) is 0 Å². The standard InChI is InChI=1S/C28H36FN5O4/c1-5-21-20(14-38-33-21)27(35)32-24(16-8-6-15(2)7-9-16)26-30-22-11-10-17(23(29)25(22)31-26)18-12-37-13-19(18)28(36)34(3)4/h10-11,14-16,18-19,24H,5-9,12-13H2,1-4H3,(H,30,31)(H,32,35)/t15-,16-,18?,19?,24-/m0/s1. The Bertz CT molecular complexity index is 1310. The van der Waals surface area contributed by atoms with Crippen LogP contribution in [0.1, 0.15) is 78.9 Å². The zero-order valence-electron chi connectivity index (χ0n) is 22.4. The first kappa shape index (κ1) is 26.3. The van der Waals surface area contributed by atoms with E-state index in [4.69, 9.17) is 14.2 Å². The Morgan fingerprint density at radius 2 is 1.97 bits per heavy atom. The number of rotatable bonds is 7. The van der Waals surface area contributed by atoms with E-state index < -0.39 is 17.8 Å². The quantitative estimate of drug-likeness (QED) is 0.474. The molecule has 1 aromatic carbocycles. The van der Waals surface area contributed by atoms with Crippen molar-refractivity contribution in [3.8, 4) is 0 Å². The summed E-state index contributed by atoms with van der Waals surface area (Å²) >= 11 is 0. The van der Waals surface area contributed by atoms with Crippen LogP contribution in [0.4, 0.5) is 4.39 Å². The summed E-state index contributed by atoms with van der Waals surface area (Å²) in [6.07, 6.45) is 5.95. The molecular weight excluding hydrogens is 489 g/mol. The first-order valence-corrected chi connectivity index (χ1v) is 13.5. The van der Waals surface area contributed by atoms with Crippen LogP contribution < -0.4 is 5.32 Å². The summed E-state index contributed by atoms with van der Waals surface area (Å²) in [5.41, 5.74) is 2.20. The summed E-state index contributed by atoms with van der Waals surface area (Å²) in [7, 11) is 3.39. The molecule has 2 fully saturated rings. The highest BCUT2D eigenvalue weighted by Gasteiger charge is 2.38. The number of aromatic nitrogens is 3. The number of carbonyl (C=O) groups excluding carboxylic acids is 2. The smallest absolute Gasteiger partial charge is 0.257 e. The average molecular weight is 526 g/mol. The number of hydrogen-bond acceptors (Lipinski definition) is 6. The van der Waals surface area contributed by atoms with Crippen molar-refractivity contribution in [3.05, 3.63) is 46.9 Å². The number of ether oxygens (including phenoxy) is 1. The van der Waals surface area contributed by atoms with Gasteiger partial charge in [0.05, 0.1) is 36.4 Å². The van der Waals surface area contributed by atoms with Gasteiger partial charge in [0.2, 0.25) is 5.91 Å². The Morgan fingerprint density at radius 3 is 2.68 bits per heavy atom. The number of imidazole rings is 1. The van der Waals surface area contributed by atoms with Crippen molar-refractivity contribution >= 4 is 22.8 Å². The normalized spacial score (nSPS) is 24.4. The van der Waals surface area contributed by atoms with Crippen LogP contribution in [-0.2, 0) is 16.0 Å². The highest BCUT2D eigenvalue weighted by atomic mass is 19.1. The van der Waals surface area contributed by atoms with Crippen LogP contribution in [0.2, 0.25) is 0 Å². The van der Waals surface area contributed by atoms with Crippen LogP contribution >= 0.6 is 0 Å². The fraction of sp³-hybridized carbons (Fsp3) is 0.571. The number of H-pyrrole nitrogens is 1. The molecule has 3 heterocycles. The molecule has 3 aromatic rings. The molecule has 2 N–H and O–H groups in total. The van der Waals surface area contributed by atoms with Gasteiger partial charge < -0.3 is 24.5 Å². The van der Waals surface area contributed by atoms with Crippen molar-refractivity contribution in [1.29, 1.82) is 0 Å². The predicted octanol–water partition coefficient (Wildman–Crippen LogP) is 4.37. The van der Waals surface area contributed by atoms with Crippen LogP contribution in [-0.4, -0.2) is 59.1 Å². The number of aromatic amines is 1. The lowest BCUT2D eigenvalue weighted by atomic mass is 9.79. The van der Waals surface area contributed by atoms with E-state index in [1.165, 1.54) is 11.2 Å². The molecule has 5 rings (SSSR count). The summed E-state index contributed by atoms with van der Waals surface area (Å²) in [6, 6.07) is 3.11. The Morgan fingerprint density at radius 1 is 1.21 bits per heavy atom. The molecule has 1 aliphatic carbocycles. The summed E-state index contributed by atoms with van der Waals surface area (Å²) in [4.78, 5) is 35.5. The van der Waals surface area contributed by atoms with Gasteiger partial charge in [-0.2, -0.15) is 0 Å². The highest BCUT2D eigenvalue weighted by Crippen LogP contribution is 2.39. The van der Waals surface area contributed by atoms with Crippen LogP contribution in [0.15, 0.2) is 22.9 Å². The Labute approximate surface area is 221 Å². The third-order valence-electron chi connectivity index (χ3n) is 8.22. The Kier molecular flexibility index (Phi) is 7.52. The molecule has 204 valence electrons. The molecule has 1 aliphatic heterocycles. The van der Waals surface area contributed by atoms with E-state index in [1.807, 2.05) is 6.92 Å². The fourth-order valence-corrected chi connectivity index (χ4v) is 5.89.